The molecule has 2 amide bonds. The minimum Gasteiger partial charge on any atom is -0.339 e. The Kier molecular flexibility index (Phi) is 7.19. The number of hydrogen-bond acceptors (Lipinski definition) is 4. The molecule has 0 aromatic heterocycles. The minimum absolute atomic E-state index is 0.0433. The van der Waals surface area contributed by atoms with Crippen molar-refractivity contribution in [3.63, 3.8) is 0 Å². The Morgan fingerprint density at radius 3 is 2.50 bits per heavy atom. The fraction of sp³-hybridized carbons (Fsp3) is 0.667. The molecule has 0 unspecified atom stereocenters. The van der Waals surface area contributed by atoms with Crippen molar-refractivity contribution in [2.45, 2.75) is 59.2 Å². The van der Waals surface area contributed by atoms with Gasteiger partial charge >= 0.3 is 0 Å². The van der Waals surface area contributed by atoms with Crippen LogP contribution in [0.1, 0.15) is 44.7 Å². The van der Waals surface area contributed by atoms with Crippen LogP contribution in [0.5, 0.6) is 0 Å². The average molecular weight is 415 g/mol. The van der Waals surface area contributed by atoms with Crippen LogP contribution in [-0.4, -0.2) is 78.4 Å². The number of nitrogens with zero attached hydrogens (tertiary/aromatic N) is 3. The molecule has 2 saturated heterocycles. The first-order valence-electron chi connectivity index (χ1n) is 11.2. The molecule has 6 nitrogen and oxygen atoms in total. The Hall–Kier alpha value is -1.92. The zero-order chi connectivity index (χ0) is 21.9. The summed E-state index contributed by atoms with van der Waals surface area (Å²) in [5, 5.41) is 3.41. The normalized spacial score (nSPS) is 22.9. The van der Waals surface area contributed by atoms with E-state index in [1.54, 1.807) is 0 Å². The van der Waals surface area contributed by atoms with Gasteiger partial charge in [-0.15, -0.1) is 0 Å². The predicted molar refractivity (Wildman–Crippen MR) is 120 cm³/mol. The number of aryl methyl sites for hydroxylation is 1. The van der Waals surface area contributed by atoms with E-state index in [9.17, 15) is 9.59 Å². The standard InChI is InChI=1S/C24H38N4O2/c1-18-7-6-8-19(13-18)17-28(22(29)15-24(2,3)4)20-14-21(25-16-20)23(30)27-11-9-26(5)10-12-27/h6-8,13,20-21,25H,9-12,14-17H2,1-5H3/t20-,21-/m0/s1. The Bertz CT molecular complexity index is 750. The van der Waals surface area contributed by atoms with Gasteiger partial charge in [-0.1, -0.05) is 50.6 Å². The van der Waals surface area contributed by atoms with Gasteiger partial charge < -0.3 is 20.0 Å². The molecule has 0 bridgehead atoms. The molecule has 3 rings (SSSR count). The third kappa shape index (κ3) is 6.05. The van der Waals surface area contributed by atoms with Crippen LogP contribution in [0.2, 0.25) is 0 Å². The topological polar surface area (TPSA) is 55.9 Å². The highest BCUT2D eigenvalue weighted by Gasteiger charge is 2.37. The summed E-state index contributed by atoms with van der Waals surface area (Å²) in [6.07, 6.45) is 1.19. The smallest absolute Gasteiger partial charge is 0.239 e. The van der Waals surface area contributed by atoms with E-state index in [0.717, 1.165) is 31.7 Å². The summed E-state index contributed by atoms with van der Waals surface area (Å²) >= 11 is 0. The van der Waals surface area contributed by atoms with Crippen molar-refractivity contribution in [1.82, 2.24) is 20.0 Å². The second-order valence-corrected chi connectivity index (χ2v) is 10.2. The summed E-state index contributed by atoms with van der Waals surface area (Å²) in [7, 11) is 2.09. The first-order valence-corrected chi connectivity index (χ1v) is 11.2. The van der Waals surface area contributed by atoms with Crippen LogP contribution >= 0.6 is 0 Å². The van der Waals surface area contributed by atoms with E-state index in [-0.39, 0.29) is 29.3 Å². The first-order chi connectivity index (χ1) is 14.1. The third-order valence-electron chi connectivity index (χ3n) is 6.10. The first kappa shape index (κ1) is 22.8. The maximum Gasteiger partial charge on any atom is 0.239 e. The van der Waals surface area contributed by atoms with Crippen LogP contribution < -0.4 is 5.32 Å². The number of carbonyl (C=O) groups excluding carboxylic acids is 2. The van der Waals surface area contributed by atoms with Gasteiger partial charge in [0.05, 0.1) is 6.04 Å². The Labute approximate surface area is 181 Å². The lowest BCUT2D eigenvalue weighted by Gasteiger charge is -2.34. The van der Waals surface area contributed by atoms with E-state index in [4.69, 9.17) is 0 Å². The molecule has 0 saturated carbocycles. The van der Waals surface area contributed by atoms with Crippen molar-refractivity contribution >= 4 is 11.8 Å². The molecule has 166 valence electrons. The Balaban J connectivity index is 1.70. The van der Waals surface area contributed by atoms with Gasteiger partial charge in [0.15, 0.2) is 0 Å². The van der Waals surface area contributed by atoms with Crippen molar-refractivity contribution in [2.75, 3.05) is 39.8 Å². The highest BCUT2D eigenvalue weighted by atomic mass is 16.2. The third-order valence-corrected chi connectivity index (χ3v) is 6.10. The molecular weight excluding hydrogens is 376 g/mol. The fourth-order valence-electron chi connectivity index (χ4n) is 4.37. The molecule has 1 aromatic rings. The molecule has 0 radical (unpaired) electrons. The second kappa shape index (κ2) is 9.48. The number of likely N-dealkylation sites (N-methyl/N-ethyl adjacent to an activating group) is 1. The summed E-state index contributed by atoms with van der Waals surface area (Å²) in [4.78, 5) is 32.5. The number of rotatable bonds is 5. The van der Waals surface area contributed by atoms with Gasteiger partial charge in [-0.3, -0.25) is 9.59 Å². The summed E-state index contributed by atoms with van der Waals surface area (Å²) in [6.45, 7) is 13.1. The lowest BCUT2D eigenvalue weighted by molar-refractivity contribution is -0.137. The zero-order valence-electron chi connectivity index (χ0n) is 19.3. The summed E-state index contributed by atoms with van der Waals surface area (Å²) in [6, 6.07) is 8.20. The van der Waals surface area contributed by atoms with Crippen molar-refractivity contribution in [1.29, 1.82) is 0 Å². The Morgan fingerprint density at radius 1 is 1.17 bits per heavy atom. The summed E-state index contributed by atoms with van der Waals surface area (Å²) < 4.78 is 0. The monoisotopic (exact) mass is 414 g/mol. The van der Waals surface area contributed by atoms with Crippen LogP contribution in [0, 0.1) is 12.3 Å². The van der Waals surface area contributed by atoms with Gasteiger partial charge in [-0.25, -0.2) is 0 Å². The van der Waals surface area contributed by atoms with E-state index in [0.29, 0.717) is 25.9 Å². The van der Waals surface area contributed by atoms with E-state index < -0.39 is 0 Å². The van der Waals surface area contributed by atoms with Crippen molar-refractivity contribution < 1.29 is 9.59 Å². The largest absolute Gasteiger partial charge is 0.339 e. The lowest BCUT2D eigenvalue weighted by atomic mass is 9.91. The number of carbonyl (C=O) groups is 2. The number of piperazine rings is 1. The Morgan fingerprint density at radius 2 is 1.87 bits per heavy atom. The molecule has 2 aliphatic rings. The van der Waals surface area contributed by atoms with Crippen molar-refractivity contribution in [2.24, 2.45) is 5.41 Å². The lowest BCUT2D eigenvalue weighted by Crippen LogP contribution is -2.52. The molecule has 2 aliphatic heterocycles. The number of nitrogens with one attached hydrogen (secondary N) is 1. The molecule has 2 fully saturated rings. The average Bonchev–Trinajstić information content (AvgIpc) is 3.14. The quantitative estimate of drug-likeness (QED) is 0.803. The highest BCUT2D eigenvalue weighted by Crippen LogP contribution is 2.25. The van der Waals surface area contributed by atoms with Gasteiger partial charge in [-0.05, 0) is 31.4 Å². The maximum absolute atomic E-state index is 13.2. The van der Waals surface area contributed by atoms with E-state index >= 15 is 0 Å². The van der Waals surface area contributed by atoms with Crippen LogP contribution in [0.15, 0.2) is 24.3 Å². The van der Waals surface area contributed by atoms with Gasteiger partial charge in [-0.2, -0.15) is 0 Å². The van der Waals surface area contributed by atoms with Crippen LogP contribution in [0.3, 0.4) is 0 Å². The number of benzene rings is 1. The number of hydrogen-bond donors (Lipinski definition) is 1. The molecular formula is C24H38N4O2. The summed E-state index contributed by atoms with van der Waals surface area (Å²) in [5.74, 6) is 0.355. The van der Waals surface area contributed by atoms with Crippen LogP contribution in [0.4, 0.5) is 0 Å². The molecule has 2 heterocycles. The van der Waals surface area contributed by atoms with Gasteiger partial charge in [0, 0.05) is 51.7 Å². The highest BCUT2D eigenvalue weighted by molar-refractivity contribution is 5.83. The summed E-state index contributed by atoms with van der Waals surface area (Å²) in [5.41, 5.74) is 2.28. The van der Waals surface area contributed by atoms with Crippen LogP contribution in [-0.2, 0) is 16.1 Å². The molecule has 6 heteroatoms. The van der Waals surface area contributed by atoms with E-state index in [1.165, 1.54) is 5.56 Å². The molecule has 0 spiro atoms. The SMILES string of the molecule is Cc1cccc(CN(C(=O)CC(C)(C)C)[C@@H]2CN[C@H](C(=O)N3CCN(C)CC3)C2)c1. The van der Waals surface area contributed by atoms with Gasteiger partial charge in [0.25, 0.3) is 0 Å². The van der Waals surface area contributed by atoms with Gasteiger partial charge in [0.1, 0.15) is 0 Å². The minimum atomic E-state index is -0.194. The molecule has 30 heavy (non-hydrogen) atoms. The second-order valence-electron chi connectivity index (χ2n) is 10.2. The van der Waals surface area contributed by atoms with Crippen LogP contribution in [0.25, 0.3) is 0 Å². The molecule has 2 atom stereocenters. The van der Waals surface area contributed by atoms with Crippen molar-refractivity contribution in [3.8, 4) is 0 Å². The fourth-order valence-corrected chi connectivity index (χ4v) is 4.37. The molecule has 1 aromatic carbocycles. The predicted octanol–water partition coefficient (Wildman–Crippen LogP) is 2.26. The molecule has 0 aliphatic carbocycles. The molecule has 1 N–H and O–H groups in total. The van der Waals surface area contributed by atoms with E-state index in [1.807, 2.05) is 15.9 Å². The van der Waals surface area contributed by atoms with E-state index in [2.05, 4.69) is 63.2 Å². The van der Waals surface area contributed by atoms with Crippen molar-refractivity contribution in [3.05, 3.63) is 35.4 Å². The number of amides is 2. The zero-order valence-corrected chi connectivity index (χ0v) is 19.3. The maximum atomic E-state index is 13.2. The van der Waals surface area contributed by atoms with Gasteiger partial charge in [0.2, 0.25) is 11.8 Å².